The predicted octanol–water partition coefficient (Wildman–Crippen LogP) is 4.68. The molecule has 9 heteroatoms. The molecule has 0 saturated carbocycles. The van der Waals surface area contributed by atoms with Gasteiger partial charge in [-0.25, -0.2) is 23.5 Å². The van der Waals surface area contributed by atoms with Gasteiger partial charge in [0.2, 0.25) is 0 Å². The van der Waals surface area contributed by atoms with Gasteiger partial charge in [-0.1, -0.05) is 11.6 Å². The van der Waals surface area contributed by atoms with Crippen molar-refractivity contribution in [2.45, 2.75) is 0 Å². The summed E-state index contributed by atoms with van der Waals surface area (Å²) in [5, 5.41) is 6.19. The van der Waals surface area contributed by atoms with Gasteiger partial charge < -0.3 is 15.4 Å². The average Bonchev–Trinajstić information content (AvgIpc) is 2.66. The van der Waals surface area contributed by atoms with E-state index in [4.69, 9.17) is 11.6 Å². The van der Waals surface area contributed by atoms with Crippen LogP contribution < -0.4 is 10.6 Å². The summed E-state index contributed by atoms with van der Waals surface area (Å²) < 4.78 is 31.0. The maximum absolute atomic E-state index is 13.3. The first-order chi connectivity index (χ1) is 13.0. The summed E-state index contributed by atoms with van der Waals surface area (Å²) in [7, 11) is 1.28. The lowest BCUT2D eigenvalue weighted by Crippen LogP contribution is -2.03. The Morgan fingerprint density at radius 2 is 1.74 bits per heavy atom. The van der Waals surface area contributed by atoms with Crippen molar-refractivity contribution in [3.05, 3.63) is 71.0 Å². The van der Waals surface area contributed by atoms with E-state index < -0.39 is 17.6 Å². The largest absolute Gasteiger partial charge is 0.465 e. The Hall–Kier alpha value is -3.26. The van der Waals surface area contributed by atoms with Crippen LogP contribution in [0.2, 0.25) is 5.02 Å². The molecule has 0 radical (unpaired) electrons. The Labute approximate surface area is 158 Å². The molecule has 0 spiro atoms. The van der Waals surface area contributed by atoms with Crippen LogP contribution in [0.25, 0.3) is 0 Å². The third-order valence-electron chi connectivity index (χ3n) is 3.51. The molecule has 138 valence electrons. The van der Waals surface area contributed by atoms with Crippen molar-refractivity contribution in [1.82, 2.24) is 9.97 Å². The normalized spacial score (nSPS) is 10.4. The van der Waals surface area contributed by atoms with Crippen LogP contribution in [-0.4, -0.2) is 23.0 Å². The zero-order valence-corrected chi connectivity index (χ0v) is 14.7. The quantitative estimate of drug-likeness (QED) is 0.616. The summed E-state index contributed by atoms with van der Waals surface area (Å²) in [5.41, 5.74) is 1.08. The van der Waals surface area contributed by atoms with Gasteiger partial charge >= 0.3 is 5.97 Å². The number of hydrogen-bond donors (Lipinski definition) is 2. The SMILES string of the molecule is COC(=O)c1ccc(Cl)c(Nc2cc(Nc3ccc(F)c(F)c3)ncn2)c1. The summed E-state index contributed by atoms with van der Waals surface area (Å²) in [6, 6.07) is 9.57. The number of hydrogen-bond acceptors (Lipinski definition) is 6. The maximum Gasteiger partial charge on any atom is 0.337 e. The average molecular weight is 391 g/mol. The van der Waals surface area contributed by atoms with Gasteiger partial charge in [0.15, 0.2) is 11.6 Å². The number of methoxy groups -OCH3 is 1. The molecule has 3 aromatic rings. The fraction of sp³-hybridized carbons (Fsp3) is 0.0556. The molecule has 0 atom stereocenters. The van der Waals surface area contributed by atoms with Crippen molar-refractivity contribution in [2.75, 3.05) is 17.7 Å². The fourth-order valence-corrected chi connectivity index (χ4v) is 2.38. The van der Waals surface area contributed by atoms with Crippen molar-refractivity contribution in [2.24, 2.45) is 0 Å². The predicted molar refractivity (Wildman–Crippen MR) is 97.7 cm³/mol. The molecule has 0 aliphatic heterocycles. The van der Waals surface area contributed by atoms with Crippen molar-refractivity contribution in [3.63, 3.8) is 0 Å². The Morgan fingerprint density at radius 1 is 1.00 bits per heavy atom. The number of benzene rings is 2. The zero-order valence-electron chi connectivity index (χ0n) is 14.0. The molecule has 0 bridgehead atoms. The highest BCUT2D eigenvalue weighted by atomic mass is 35.5. The molecule has 0 aliphatic rings. The molecule has 2 aromatic carbocycles. The van der Waals surface area contributed by atoms with Crippen LogP contribution in [0.15, 0.2) is 48.8 Å². The van der Waals surface area contributed by atoms with Crippen LogP contribution in [0.5, 0.6) is 0 Å². The first-order valence-corrected chi connectivity index (χ1v) is 8.03. The van der Waals surface area contributed by atoms with Crippen LogP contribution in [0.4, 0.5) is 31.8 Å². The number of halogens is 3. The lowest BCUT2D eigenvalue weighted by molar-refractivity contribution is 0.0601. The van der Waals surface area contributed by atoms with Crippen LogP contribution in [0, 0.1) is 11.6 Å². The first kappa shape index (κ1) is 18.5. The van der Waals surface area contributed by atoms with Gasteiger partial charge in [-0.3, -0.25) is 0 Å². The lowest BCUT2D eigenvalue weighted by Gasteiger charge is -2.11. The number of aromatic nitrogens is 2. The summed E-state index contributed by atoms with van der Waals surface area (Å²) in [6.07, 6.45) is 1.28. The molecular formula is C18H13ClF2N4O2. The zero-order chi connectivity index (χ0) is 19.4. The van der Waals surface area contributed by atoms with E-state index in [0.717, 1.165) is 12.1 Å². The third kappa shape index (κ3) is 4.48. The second kappa shape index (κ2) is 7.96. The standard InChI is InChI=1S/C18H13ClF2N4O2/c1-27-18(26)10-2-4-12(19)15(6-10)25-17-8-16(22-9-23-17)24-11-3-5-13(20)14(21)7-11/h2-9H,1H3,(H2,22,23,24,25). The number of rotatable bonds is 5. The van der Waals surface area contributed by atoms with Crippen LogP contribution >= 0.6 is 11.6 Å². The highest BCUT2D eigenvalue weighted by molar-refractivity contribution is 6.33. The van der Waals surface area contributed by atoms with E-state index in [0.29, 0.717) is 33.6 Å². The van der Waals surface area contributed by atoms with Crippen LogP contribution in [-0.2, 0) is 4.74 Å². The van der Waals surface area contributed by atoms with Crippen LogP contribution in [0.3, 0.4) is 0 Å². The van der Waals surface area contributed by atoms with E-state index >= 15 is 0 Å². The number of nitrogens with one attached hydrogen (secondary N) is 2. The van der Waals surface area contributed by atoms with Crippen molar-refractivity contribution in [3.8, 4) is 0 Å². The summed E-state index contributed by atoms with van der Waals surface area (Å²) in [4.78, 5) is 19.7. The molecule has 2 N–H and O–H groups in total. The molecular weight excluding hydrogens is 378 g/mol. The molecule has 0 aliphatic carbocycles. The first-order valence-electron chi connectivity index (χ1n) is 7.65. The molecule has 0 saturated heterocycles. The molecule has 0 unspecified atom stereocenters. The van der Waals surface area contributed by atoms with Crippen molar-refractivity contribution in [1.29, 1.82) is 0 Å². The van der Waals surface area contributed by atoms with E-state index in [-0.39, 0.29) is 0 Å². The second-order valence-corrected chi connectivity index (χ2v) is 5.76. The maximum atomic E-state index is 13.3. The smallest absolute Gasteiger partial charge is 0.337 e. The summed E-state index contributed by atoms with van der Waals surface area (Å²) >= 11 is 6.14. The Balaban J connectivity index is 1.82. The van der Waals surface area contributed by atoms with Gasteiger partial charge in [-0.15, -0.1) is 0 Å². The van der Waals surface area contributed by atoms with Gasteiger partial charge in [0.05, 0.1) is 23.4 Å². The lowest BCUT2D eigenvalue weighted by atomic mass is 10.2. The molecule has 1 heterocycles. The minimum Gasteiger partial charge on any atom is -0.465 e. The second-order valence-electron chi connectivity index (χ2n) is 5.35. The highest BCUT2D eigenvalue weighted by Crippen LogP contribution is 2.27. The number of carbonyl (C=O) groups excluding carboxylic acids is 1. The third-order valence-corrected chi connectivity index (χ3v) is 3.84. The van der Waals surface area contributed by atoms with Crippen molar-refractivity contribution < 1.29 is 18.3 Å². The highest BCUT2D eigenvalue weighted by Gasteiger charge is 2.10. The van der Waals surface area contributed by atoms with E-state index in [2.05, 4.69) is 25.3 Å². The molecule has 27 heavy (non-hydrogen) atoms. The van der Waals surface area contributed by atoms with Gasteiger partial charge in [0.25, 0.3) is 0 Å². The van der Waals surface area contributed by atoms with Gasteiger partial charge in [0, 0.05) is 17.8 Å². The monoisotopic (exact) mass is 390 g/mol. The number of ether oxygens (including phenoxy) is 1. The Kier molecular flexibility index (Phi) is 5.46. The minimum atomic E-state index is -0.973. The number of anilines is 4. The van der Waals surface area contributed by atoms with Gasteiger partial charge in [-0.2, -0.15) is 0 Å². The van der Waals surface area contributed by atoms with E-state index in [1.54, 1.807) is 12.1 Å². The number of nitrogens with zero attached hydrogens (tertiary/aromatic N) is 2. The number of esters is 1. The molecule has 6 nitrogen and oxygen atoms in total. The van der Waals surface area contributed by atoms with Crippen molar-refractivity contribution >= 4 is 40.6 Å². The molecule has 0 fully saturated rings. The fourth-order valence-electron chi connectivity index (χ4n) is 2.22. The van der Waals surface area contributed by atoms with E-state index in [9.17, 15) is 13.6 Å². The van der Waals surface area contributed by atoms with Crippen LogP contribution in [0.1, 0.15) is 10.4 Å². The topological polar surface area (TPSA) is 76.1 Å². The molecule has 3 rings (SSSR count). The Bertz CT molecular complexity index is 1000. The van der Waals surface area contributed by atoms with Gasteiger partial charge in [0.1, 0.15) is 18.0 Å². The Morgan fingerprint density at radius 3 is 2.44 bits per heavy atom. The summed E-state index contributed by atoms with van der Waals surface area (Å²) in [6.45, 7) is 0. The number of carbonyl (C=O) groups is 1. The summed E-state index contributed by atoms with van der Waals surface area (Å²) in [5.74, 6) is -1.69. The van der Waals surface area contributed by atoms with E-state index in [1.807, 2.05) is 0 Å². The van der Waals surface area contributed by atoms with E-state index in [1.165, 1.54) is 31.6 Å². The minimum absolute atomic E-state index is 0.318. The molecule has 1 aromatic heterocycles. The molecule has 0 amide bonds. The van der Waals surface area contributed by atoms with Gasteiger partial charge in [-0.05, 0) is 30.3 Å².